The van der Waals surface area contributed by atoms with Gasteiger partial charge in [-0.25, -0.2) is 4.98 Å². The fourth-order valence-corrected chi connectivity index (χ4v) is 4.65. The average Bonchev–Trinajstić information content (AvgIpc) is 2.69. The standard InChI is InChI=1S/C21H15BrCl2N4O/c22-11-4-7-18(27-10-11)28-16-2-1-3-17(29)20(16)19(14(9-25)21(28)26)13-6-5-12(23)8-15(13)24/h4-8,10,19H,1-3,26H2/t19-/m0/s1. The molecule has 0 saturated carbocycles. The molecular weight excluding hydrogens is 475 g/mol. The summed E-state index contributed by atoms with van der Waals surface area (Å²) in [6.07, 6.45) is 3.43. The van der Waals surface area contributed by atoms with Gasteiger partial charge in [0.25, 0.3) is 0 Å². The molecule has 2 heterocycles. The van der Waals surface area contributed by atoms with Crippen molar-refractivity contribution in [2.75, 3.05) is 4.90 Å². The molecule has 2 N–H and O–H groups in total. The zero-order valence-electron chi connectivity index (χ0n) is 15.1. The number of halogens is 3. The van der Waals surface area contributed by atoms with Crippen LogP contribution < -0.4 is 10.6 Å². The van der Waals surface area contributed by atoms with E-state index in [1.165, 1.54) is 0 Å². The number of hydrogen-bond donors (Lipinski definition) is 1. The highest BCUT2D eigenvalue weighted by molar-refractivity contribution is 9.10. The first kappa shape index (κ1) is 20.0. The van der Waals surface area contributed by atoms with E-state index in [1.54, 1.807) is 35.4 Å². The van der Waals surface area contributed by atoms with Gasteiger partial charge in [0.15, 0.2) is 5.78 Å². The SMILES string of the molecule is N#CC1=C(N)N(c2ccc(Br)cn2)C2=C(C(=O)CCC2)[C@H]1c1ccc(Cl)cc1Cl. The smallest absolute Gasteiger partial charge is 0.161 e. The zero-order chi connectivity index (χ0) is 20.7. The highest BCUT2D eigenvalue weighted by Gasteiger charge is 2.41. The van der Waals surface area contributed by atoms with Crippen LogP contribution in [0.1, 0.15) is 30.7 Å². The lowest BCUT2D eigenvalue weighted by Gasteiger charge is -2.39. The van der Waals surface area contributed by atoms with Crippen molar-refractivity contribution in [2.24, 2.45) is 5.73 Å². The van der Waals surface area contributed by atoms with Gasteiger partial charge in [-0.05, 0) is 58.6 Å². The maximum atomic E-state index is 13.0. The second-order valence-electron chi connectivity index (χ2n) is 6.82. The van der Waals surface area contributed by atoms with E-state index < -0.39 is 5.92 Å². The summed E-state index contributed by atoms with van der Waals surface area (Å²) in [5, 5.41) is 10.9. The predicted molar refractivity (Wildman–Crippen MR) is 116 cm³/mol. The van der Waals surface area contributed by atoms with E-state index in [4.69, 9.17) is 28.9 Å². The third-order valence-electron chi connectivity index (χ3n) is 5.13. The van der Waals surface area contributed by atoms with Gasteiger partial charge in [-0.3, -0.25) is 9.69 Å². The summed E-state index contributed by atoms with van der Waals surface area (Å²) in [4.78, 5) is 19.2. The van der Waals surface area contributed by atoms with Crippen molar-refractivity contribution in [3.63, 3.8) is 0 Å². The number of rotatable bonds is 2. The first-order chi connectivity index (χ1) is 13.9. The quantitative estimate of drug-likeness (QED) is 0.605. The van der Waals surface area contributed by atoms with Crippen LogP contribution >= 0.6 is 39.1 Å². The van der Waals surface area contributed by atoms with Gasteiger partial charge >= 0.3 is 0 Å². The molecule has 0 bridgehead atoms. The number of hydrogen-bond acceptors (Lipinski definition) is 5. The Balaban J connectivity index is 1.98. The molecule has 1 aliphatic heterocycles. The predicted octanol–water partition coefficient (Wildman–Crippen LogP) is 5.46. The van der Waals surface area contributed by atoms with E-state index in [-0.39, 0.29) is 17.2 Å². The molecule has 2 aliphatic rings. The van der Waals surface area contributed by atoms with E-state index in [0.717, 1.165) is 10.2 Å². The molecule has 5 nitrogen and oxygen atoms in total. The number of carbonyl (C=O) groups is 1. The molecule has 0 unspecified atom stereocenters. The fraction of sp³-hybridized carbons (Fsp3) is 0.190. The molecule has 146 valence electrons. The molecule has 0 amide bonds. The molecule has 1 aromatic carbocycles. The lowest BCUT2D eigenvalue weighted by Crippen LogP contribution is -2.39. The Hall–Kier alpha value is -2.33. The van der Waals surface area contributed by atoms with Gasteiger partial charge < -0.3 is 5.73 Å². The molecule has 8 heteroatoms. The Kier molecular flexibility index (Phi) is 5.39. The lowest BCUT2D eigenvalue weighted by atomic mass is 9.75. The maximum absolute atomic E-state index is 13.0. The van der Waals surface area contributed by atoms with Crippen molar-refractivity contribution in [1.82, 2.24) is 4.98 Å². The molecule has 4 rings (SSSR count). The number of nitrogens with zero attached hydrogens (tertiary/aromatic N) is 3. The summed E-state index contributed by atoms with van der Waals surface area (Å²) in [6, 6.07) is 10.9. The summed E-state index contributed by atoms with van der Waals surface area (Å²) < 4.78 is 0.820. The number of ketones is 1. The third kappa shape index (κ3) is 3.44. The summed E-state index contributed by atoms with van der Waals surface area (Å²) >= 11 is 15.9. The molecule has 2 aromatic rings. The highest BCUT2D eigenvalue weighted by Crippen LogP contribution is 2.47. The Bertz CT molecular complexity index is 1120. The molecule has 0 radical (unpaired) electrons. The van der Waals surface area contributed by atoms with Gasteiger partial charge in [0.05, 0.1) is 17.6 Å². The van der Waals surface area contributed by atoms with Gasteiger partial charge in [0.2, 0.25) is 0 Å². The Labute approximate surface area is 186 Å². The summed E-state index contributed by atoms with van der Waals surface area (Å²) in [7, 11) is 0. The van der Waals surface area contributed by atoms with E-state index >= 15 is 0 Å². The van der Waals surface area contributed by atoms with Crippen LogP contribution in [0.2, 0.25) is 10.0 Å². The topological polar surface area (TPSA) is 83.0 Å². The summed E-state index contributed by atoms with van der Waals surface area (Å²) in [5.41, 5.74) is 8.71. The van der Waals surface area contributed by atoms with Crippen molar-refractivity contribution >= 4 is 50.7 Å². The van der Waals surface area contributed by atoms with E-state index in [0.29, 0.717) is 46.3 Å². The van der Waals surface area contributed by atoms with Crippen molar-refractivity contribution < 1.29 is 4.79 Å². The van der Waals surface area contributed by atoms with Crippen LogP contribution in [0.3, 0.4) is 0 Å². The van der Waals surface area contributed by atoms with Crippen molar-refractivity contribution in [1.29, 1.82) is 5.26 Å². The van der Waals surface area contributed by atoms with E-state index in [2.05, 4.69) is 27.0 Å². The number of pyridine rings is 1. The first-order valence-electron chi connectivity index (χ1n) is 8.95. The number of benzene rings is 1. The van der Waals surface area contributed by atoms with Crippen LogP contribution in [0.25, 0.3) is 0 Å². The Morgan fingerprint density at radius 1 is 1.24 bits per heavy atom. The first-order valence-corrected chi connectivity index (χ1v) is 10.5. The van der Waals surface area contributed by atoms with Gasteiger partial charge in [-0.2, -0.15) is 5.26 Å². The van der Waals surface area contributed by atoms with Crippen LogP contribution in [0, 0.1) is 11.3 Å². The normalized spacial score (nSPS) is 19.3. The van der Waals surface area contributed by atoms with E-state index in [1.807, 2.05) is 6.07 Å². The minimum absolute atomic E-state index is 0.00960. The number of carbonyl (C=O) groups excluding carboxylic acids is 1. The number of Topliss-reactive ketones (excluding diaryl/α,β-unsaturated/α-hetero) is 1. The monoisotopic (exact) mass is 488 g/mol. The number of anilines is 1. The average molecular weight is 490 g/mol. The molecule has 0 saturated heterocycles. The summed E-state index contributed by atoms with van der Waals surface area (Å²) in [6.45, 7) is 0. The molecule has 1 atom stereocenters. The van der Waals surface area contributed by atoms with Crippen LogP contribution in [0.4, 0.5) is 5.82 Å². The minimum atomic E-state index is -0.626. The number of nitrogens with two attached hydrogens (primary N) is 1. The maximum Gasteiger partial charge on any atom is 0.161 e. The molecule has 0 spiro atoms. The van der Waals surface area contributed by atoms with Gasteiger partial charge in [-0.15, -0.1) is 0 Å². The fourth-order valence-electron chi connectivity index (χ4n) is 3.90. The van der Waals surface area contributed by atoms with Crippen LogP contribution in [-0.4, -0.2) is 10.8 Å². The van der Waals surface area contributed by atoms with Crippen LogP contribution in [-0.2, 0) is 4.79 Å². The summed E-state index contributed by atoms with van der Waals surface area (Å²) in [5.74, 6) is 0.178. The third-order valence-corrected chi connectivity index (χ3v) is 6.16. The van der Waals surface area contributed by atoms with Crippen molar-refractivity contribution in [3.05, 3.63) is 79.3 Å². The van der Waals surface area contributed by atoms with Crippen molar-refractivity contribution in [3.8, 4) is 6.07 Å². The van der Waals surface area contributed by atoms with Crippen LogP contribution in [0.5, 0.6) is 0 Å². The van der Waals surface area contributed by atoms with Gasteiger partial charge in [0.1, 0.15) is 11.6 Å². The van der Waals surface area contributed by atoms with Crippen molar-refractivity contribution in [2.45, 2.75) is 25.2 Å². The molecule has 0 fully saturated rings. The molecule has 1 aliphatic carbocycles. The number of aromatic nitrogens is 1. The zero-order valence-corrected chi connectivity index (χ0v) is 18.2. The molecule has 29 heavy (non-hydrogen) atoms. The van der Waals surface area contributed by atoms with Crippen LogP contribution in [0.15, 0.2) is 63.7 Å². The van der Waals surface area contributed by atoms with E-state index in [9.17, 15) is 10.1 Å². The van der Waals surface area contributed by atoms with Gasteiger partial charge in [-0.1, -0.05) is 29.3 Å². The molecular formula is C21H15BrCl2N4O. The second kappa shape index (κ2) is 7.83. The second-order valence-corrected chi connectivity index (χ2v) is 8.58. The minimum Gasteiger partial charge on any atom is -0.384 e. The highest BCUT2D eigenvalue weighted by atomic mass is 79.9. The van der Waals surface area contributed by atoms with Gasteiger partial charge in [0, 0.05) is 38.4 Å². The number of nitriles is 1. The Morgan fingerprint density at radius 3 is 2.69 bits per heavy atom. The Morgan fingerprint density at radius 2 is 2.03 bits per heavy atom. The largest absolute Gasteiger partial charge is 0.384 e. The lowest BCUT2D eigenvalue weighted by molar-refractivity contribution is -0.116. The molecule has 1 aromatic heterocycles. The number of allylic oxidation sites excluding steroid dienone is 3.